The van der Waals surface area contributed by atoms with Gasteiger partial charge in [0, 0.05) is 20.0 Å². The number of nitrogens with one attached hydrogen (secondary N) is 2. The maximum atomic E-state index is 13.1. The van der Waals surface area contributed by atoms with Crippen LogP contribution >= 0.6 is 0 Å². The number of fused-ring (bicyclic) bond motifs is 1. The Balaban J connectivity index is 1.42. The predicted octanol–water partition coefficient (Wildman–Crippen LogP) is 2.29. The standard InChI is InChI=1S/C22H21FN6O4S/c1-28(34(32,33)16-10-8-15(23)9-11-16)12-4-7-20(30)27-18-5-2-3-6-19(18)29-21-17(13-26-29)22(31)25-14-24-21/h2-3,5-6,8-11,13-14H,4,7,12H2,1H3,(H,27,30)(H,24,25,31). The molecular formula is C22H21FN6O4S. The molecule has 4 aromatic rings. The van der Waals surface area contributed by atoms with Crippen molar-refractivity contribution in [2.24, 2.45) is 0 Å². The number of rotatable bonds is 8. The van der Waals surface area contributed by atoms with Crippen LogP contribution in [0.25, 0.3) is 16.7 Å². The smallest absolute Gasteiger partial charge is 0.261 e. The van der Waals surface area contributed by atoms with Crippen molar-refractivity contribution in [2.45, 2.75) is 17.7 Å². The van der Waals surface area contributed by atoms with Gasteiger partial charge in [0.1, 0.15) is 11.2 Å². The first-order valence-electron chi connectivity index (χ1n) is 10.3. The second kappa shape index (κ2) is 9.53. The van der Waals surface area contributed by atoms with Gasteiger partial charge in [-0.15, -0.1) is 0 Å². The molecule has 0 bridgehead atoms. The van der Waals surface area contributed by atoms with Crippen molar-refractivity contribution in [3.63, 3.8) is 0 Å². The van der Waals surface area contributed by atoms with Crippen LogP contribution in [0.5, 0.6) is 0 Å². The number of benzene rings is 2. The summed E-state index contributed by atoms with van der Waals surface area (Å²) in [5.74, 6) is -0.841. The average molecular weight is 485 g/mol. The van der Waals surface area contributed by atoms with Gasteiger partial charge in [-0.05, 0) is 42.8 Å². The number of anilines is 1. The summed E-state index contributed by atoms with van der Waals surface area (Å²) < 4.78 is 40.8. The summed E-state index contributed by atoms with van der Waals surface area (Å²) in [6.07, 6.45) is 3.01. The molecule has 0 atom stereocenters. The van der Waals surface area contributed by atoms with Gasteiger partial charge in [0.25, 0.3) is 5.56 Å². The second-order valence-corrected chi connectivity index (χ2v) is 9.52. The third-order valence-electron chi connectivity index (χ3n) is 5.18. The molecule has 0 saturated heterocycles. The highest BCUT2D eigenvalue weighted by atomic mass is 32.2. The molecule has 4 rings (SSSR count). The molecule has 0 spiro atoms. The summed E-state index contributed by atoms with van der Waals surface area (Å²) in [5, 5.41) is 7.35. The van der Waals surface area contributed by atoms with Gasteiger partial charge < -0.3 is 10.3 Å². The number of carbonyl (C=O) groups is 1. The van der Waals surface area contributed by atoms with E-state index in [-0.39, 0.29) is 35.7 Å². The van der Waals surface area contributed by atoms with Crippen molar-refractivity contribution >= 4 is 32.7 Å². The molecule has 34 heavy (non-hydrogen) atoms. The number of para-hydroxylation sites is 2. The van der Waals surface area contributed by atoms with Crippen LogP contribution in [0, 0.1) is 5.82 Å². The van der Waals surface area contributed by atoms with Gasteiger partial charge in [-0.25, -0.2) is 26.8 Å². The molecule has 176 valence electrons. The van der Waals surface area contributed by atoms with E-state index < -0.39 is 15.8 Å². The van der Waals surface area contributed by atoms with Crippen molar-refractivity contribution < 1.29 is 17.6 Å². The highest BCUT2D eigenvalue weighted by Crippen LogP contribution is 2.22. The van der Waals surface area contributed by atoms with E-state index in [4.69, 9.17) is 0 Å². The minimum atomic E-state index is -3.78. The van der Waals surface area contributed by atoms with Crippen LogP contribution < -0.4 is 10.9 Å². The number of carbonyl (C=O) groups excluding carboxylic acids is 1. The SMILES string of the molecule is CN(CCCC(=O)Nc1ccccc1-n1ncc2c(=O)[nH]cnc21)S(=O)(=O)c1ccc(F)cc1. The largest absolute Gasteiger partial charge is 0.324 e. The van der Waals surface area contributed by atoms with Crippen LogP contribution in [0.2, 0.25) is 0 Å². The minimum absolute atomic E-state index is 0.0197. The van der Waals surface area contributed by atoms with E-state index in [0.717, 1.165) is 16.4 Å². The summed E-state index contributed by atoms with van der Waals surface area (Å²) >= 11 is 0. The molecule has 2 heterocycles. The van der Waals surface area contributed by atoms with E-state index >= 15 is 0 Å². The zero-order valence-electron chi connectivity index (χ0n) is 18.1. The van der Waals surface area contributed by atoms with Gasteiger partial charge in [0.05, 0.1) is 28.8 Å². The van der Waals surface area contributed by atoms with Crippen molar-refractivity contribution in [1.29, 1.82) is 0 Å². The van der Waals surface area contributed by atoms with E-state index in [2.05, 4.69) is 20.4 Å². The van der Waals surface area contributed by atoms with Gasteiger partial charge in [-0.2, -0.15) is 5.10 Å². The lowest BCUT2D eigenvalue weighted by molar-refractivity contribution is -0.116. The number of aromatic amines is 1. The van der Waals surface area contributed by atoms with Crippen LogP contribution in [-0.4, -0.2) is 52.0 Å². The zero-order chi connectivity index (χ0) is 24.3. The second-order valence-electron chi connectivity index (χ2n) is 7.47. The predicted molar refractivity (Wildman–Crippen MR) is 124 cm³/mol. The molecule has 1 amide bonds. The first-order valence-corrected chi connectivity index (χ1v) is 11.7. The average Bonchev–Trinajstić information content (AvgIpc) is 3.25. The topological polar surface area (TPSA) is 130 Å². The summed E-state index contributed by atoms with van der Waals surface area (Å²) in [5.41, 5.74) is 1.02. The number of amides is 1. The fourth-order valence-corrected chi connectivity index (χ4v) is 4.59. The Hall–Kier alpha value is -3.90. The summed E-state index contributed by atoms with van der Waals surface area (Å²) in [6.45, 7) is 0.102. The van der Waals surface area contributed by atoms with E-state index in [1.807, 2.05) is 0 Å². The fourth-order valence-electron chi connectivity index (χ4n) is 3.38. The maximum Gasteiger partial charge on any atom is 0.261 e. The van der Waals surface area contributed by atoms with E-state index in [1.54, 1.807) is 24.3 Å². The molecule has 2 aromatic carbocycles. The Kier molecular flexibility index (Phi) is 6.52. The summed E-state index contributed by atoms with van der Waals surface area (Å²) in [7, 11) is -2.38. The molecule has 0 radical (unpaired) electrons. The summed E-state index contributed by atoms with van der Waals surface area (Å²) in [4.78, 5) is 31.2. The first kappa shape index (κ1) is 23.3. The lowest BCUT2D eigenvalue weighted by Gasteiger charge is -2.17. The third-order valence-corrected chi connectivity index (χ3v) is 7.05. The number of nitrogens with zero attached hydrogens (tertiary/aromatic N) is 4. The quantitative estimate of drug-likeness (QED) is 0.395. The van der Waals surface area contributed by atoms with Gasteiger partial charge in [-0.1, -0.05) is 12.1 Å². The Morgan fingerprint density at radius 1 is 1.18 bits per heavy atom. The van der Waals surface area contributed by atoms with Crippen molar-refractivity contribution in [3.05, 3.63) is 77.2 Å². The normalized spacial score (nSPS) is 11.7. The Labute approximate surface area is 194 Å². The Morgan fingerprint density at radius 3 is 2.68 bits per heavy atom. The van der Waals surface area contributed by atoms with Crippen LogP contribution in [0.4, 0.5) is 10.1 Å². The summed E-state index contributed by atoms with van der Waals surface area (Å²) in [6, 6.07) is 11.5. The molecule has 0 aliphatic rings. The van der Waals surface area contributed by atoms with Crippen LogP contribution in [0.15, 0.2) is 70.7 Å². The van der Waals surface area contributed by atoms with E-state index in [1.165, 1.54) is 36.4 Å². The monoisotopic (exact) mass is 484 g/mol. The third kappa shape index (κ3) is 4.72. The van der Waals surface area contributed by atoms with Crippen LogP contribution in [-0.2, 0) is 14.8 Å². The molecule has 12 heteroatoms. The Bertz CT molecular complexity index is 1500. The number of aromatic nitrogens is 4. The molecule has 2 aromatic heterocycles. The number of H-pyrrole nitrogens is 1. The number of halogens is 1. The highest BCUT2D eigenvalue weighted by molar-refractivity contribution is 7.89. The molecule has 2 N–H and O–H groups in total. The molecule has 0 aliphatic heterocycles. The van der Waals surface area contributed by atoms with Crippen molar-refractivity contribution in [2.75, 3.05) is 18.9 Å². The number of hydrogen-bond donors (Lipinski definition) is 2. The maximum absolute atomic E-state index is 13.1. The van der Waals surface area contributed by atoms with E-state index in [9.17, 15) is 22.4 Å². The Morgan fingerprint density at radius 2 is 1.91 bits per heavy atom. The molecule has 10 nitrogen and oxygen atoms in total. The molecule has 0 fully saturated rings. The van der Waals surface area contributed by atoms with E-state index in [0.29, 0.717) is 22.4 Å². The minimum Gasteiger partial charge on any atom is -0.324 e. The molecule has 0 unspecified atom stereocenters. The fraction of sp³-hybridized carbons (Fsp3) is 0.182. The van der Waals surface area contributed by atoms with Crippen molar-refractivity contribution in [1.82, 2.24) is 24.1 Å². The highest BCUT2D eigenvalue weighted by Gasteiger charge is 2.21. The lowest BCUT2D eigenvalue weighted by atomic mass is 10.2. The lowest BCUT2D eigenvalue weighted by Crippen LogP contribution is -2.28. The molecule has 0 aliphatic carbocycles. The van der Waals surface area contributed by atoms with Crippen molar-refractivity contribution in [3.8, 4) is 5.69 Å². The first-order chi connectivity index (χ1) is 16.3. The molecular weight excluding hydrogens is 463 g/mol. The molecule has 0 saturated carbocycles. The van der Waals surface area contributed by atoms with Gasteiger partial charge in [0.2, 0.25) is 15.9 Å². The van der Waals surface area contributed by atoms with Gasteiger partial charge in [0.15, 0.2) is 5.65 Å². The van der Waals surface area contributed by atoms with Gasteiger partial charge in [-0.3, -0.25) is 9.59 Å². The van der Waals surface area contributed by atoms with Crippen LogP contribution in [0.1, 0.15) is 12.8 Å². The number of hydrogen-bond acceptors (Lipinski definition) is 6. The van der Waals surface area contributed by atoms with Crippen LogP contribution in [0.3, 0.4) is 0 Å². The zero-order valence-corrected chi connectivity index (χ0v) is 18.9. The van der Waals surface area contributed by atoms with Gasteiger partial charge >= 0.3 is 0 Å². The number of sulfonamides is 1.